The van der Waals surface area contributed by atoms with Gasteiger partial charge in [0, 0.05) is 0 Å². The molecule has 0 heterocycles. The van der Waals surface area contributed by atoms with Gasteiger partial charge in [0.05, 0.1) is 0 Å². The molecule has 0 radical (unpaired) electrons. The van der Waals surface area contributed by atoms with Gasteiger partial charge in [-0.2, -0.15) is 0 Å². The van der Waals surface area contributed by atoms with Crippen molar-refractivity contribution in [3.05, 3.63) is 58.1 Å². The van der Waals surface area contributed by atoms with Gasteiger partial charge in [0.1, 0.15) is 0 Å². The third-order valence-electron chi connectivity index (χ3n) is 4.90. The van der Waals surface area contributed by atoms with Gasteiger partial charge in [-0.3, -0.25) is 0 Å². The van der Waals surface area contributed by atoms with Gasteiger partial charge < -0.3 is 0 Å². The summed E-state index contributed by atoms with van der Waals surface area (Å²) in [7, 11) is 0. The van der Waals surface area contributed by atoms with Gasteiger partial charge in [0.2, 0.25) is 0 Å². The Morgan fingerprint density at radius 3 is 2.70 bits per heavy atom. The molecule has 20 heavy (non-hydrogen) atoms. The Hall–Kier alpha value is -0.950. The molecule has 3 aliphatic rings. The maximum Gasteiger partial charge on any atom is -0.00852 e. The molecule has 0 aromatic carbocycles. The number of hydrogen-bond donors (Lipinski definition) is 1. The Labute approximate surface area is 128 Å². The molecule has 0 saturated heterocycles. The van der Waals surface area contributed by atoms with E-state index < -0.39 is 0 Å². The Kier molecular flexibility index (Phi) is 4.35. The molecule has 3 rings (SSSR count). The summed E-state index contributed by atoms with van der Waals surface area (Å²) in [5, 5.41) is 0. The predicted octanol–water partition coefficient (Wildman–Crippen LogP) is 5.77. The van der Waals surface area contributed by atoms with Gasteiger partial charge >= 0.3 is 0 Å². The lowest BCUT2D eigenvalue weighted by molar-refractivity contribution is 0.421. The van der Waals surface area contributed by atoms with E-state index in [9.17, 15) is 0 Å². The highest BCUT2D eigenvalue weighted by molar-refractivity contribution is 7.84. The van der Waals surface area contributed by atoms with E-state index in [1.807, 2.05) is 0 Å². The van der Waals surface area contributed by atoms with E-state index in [-0.39, 0.29) is 0 Å². The average molecular weight is 284 g/mol. The maximum absolute atomic E-state index is 4.75. The first-order valence-electron chi connectivity index (χ1n) is 7.92. The van der Waals surface area contributed by atoms with Crippen molar-refractivity contribution in [1.29, 1.82) is 0 Å². The van der Waals surface area contributed by atoms with E-state index in [0.717, 1.165) is 12.8 Å². The molecule has 106 valence electrons. The summed E-state index contributed by atoms with van der Waals surface area (Å²) in [6.45, 7) is 2.41. The first-order valence-corrected chi connectivity index (χ1v) is 8.36. The molecule has 0 saturated carbocycles. The Morgan fingerprint density at radius 2 is 1.95 bits per heavy atom. The number of rotatable bonds is 2. The van der Waals surface area contributed by atoms with Crippen molar-refractivity contribution in [3.63, 3.8) is 0 Å². The second-order valence-electron chi connectivity index (χ2n) is 6.13. The van der Waals surface area contributed by atoms with E-state index in [1.54, 1.807) is 11.1 Å². The highest BCUT2D eigenvalue weighted by Gasteiger charge is 2.29. The summed E-state index contributed by atoms with van der Waals surface area (Å²) in [5.74, 6) is 1.28. The van der Waals surface area contributed by atoms with Crippen molar-refractivity contribution in [2.24, 2.45) is 11.8 Å². The zero-order valence-corrected chi connectivity index (χ0v) is 13.2. The summed E-state index contributed by atoms with van der Waals surface area (Å²) >= 11 is 4.75. The van der Waals surface area contributed by atoms with E-state index in [1.165, 1.54) is 36.2 Å². The fraction of sp³-hybridized carbons (Fsp3) is 0.474. The van der Waals surface area contributed by atoms with Crippen LogP contribution in [0, 0.1) is 11.8 Å². The molecular formula is C19H24S. The lowest BCUT2D eigenvalue weighted by Crippen LogP contribution is -2.22. The zero-order valence-electron chi connectivity index (χ0n) is 12.3. The van der Waals surface area contributed by atoms with Gasteiger partial charge in [0.25, 0.3) is 0 Å². The van der Waals surface area contributed by atoms with E-state index in [4.69, 9.17) is 12.6 Å². The van der Waals surface area contributed by atoms with Crippen molar-refractivity contribution in [2.75, 3.05) is 0 Å². The lowest BCUT2D eigenvalue weighted by atomic mass is 9.71. The molecule has 2 atom stereocenters. The maximum atomic E-state index is 4.75. The largest absolute Gasteiger partial charge is 0.148 e. The first-order chi connectivity index (χ1) is 9.77. The minimum absolute atomic E-state index is 0.626. The van der Waals surface area contributed by atoms with Gasteiger partial charge in [-0.15, -0.1) is 12.6 Å². The quantitative estimate of drug-likeness (QED) is 0.611. The zero-order chi connectivity index (χ0) is 13.9. The fourth-order valence-electron chi connectivity index (χ4n) is 3.77. The smallest absolute Gasteiger partial charge is 0.00852 e. The van der Waals surface area contributed by atoms with Gasteiger partial charge in [0.15, 0.2) is 0 Å². The monoisotopic (exact) mass is 284 g/mol. The van der Waals surface area contributed by atoms with Crippen LogP contribution in [0.1, 0.15) is 45.4 Å². The van der Waals surface area contributed by atoms with Crippen LogP contribution < -0.4 is 0 Å². The van der Waals surface area contributed by atoms with Crippen LogP contribution in [0.15, 0.2) is 58.1 Å². The number of allylic oxidation sites excluding steroid dienone is 10. The summed E-state index contributed by atoms with van der Waals surface area (Å²) < 4.78 is 0. The van der Waals surface area contributed by atoms with Gasteiger partial charge in [-0.25, -0.2) is 0 Å². The van der Waals surface area contributed by atoms with Crippen LogP contribution in [-0.2, 0) is 0 Å². The third-order valence-corrected chi connectivity index (χ3v) is 5.38. The lowest BCUT2D eigenvalue weighted by Gasteiger charge is -2.34. The molecule has 0 fully saturated rings. The predicted molar refractivity (Wildman–Crippen MR) is 90.8 cm³/mol. The Bertz CT molecular complexity index is 528. The highest BCUT2D eigenvalue weighted by Crippen LogP contribution is 2.43. The second kappa shape index (κ2) is 6.22. The van der Waals surface area contributed by atoms with E-state index >= 15 is 0 Å². The minimum atomic E-state index is 0.626. The first kappa shape index (κ1) is 14.0. The van der Waals surface area contributed by atoms with Crippen molar-refractivity contribution in [2.45, 2.75) is 45.4 Å². The standard InChI is InChI=1S/C19H24S/c1-14-16(15-8-3-2-4-9-15)11-7-12-17(14)18-10-5-6-13-19(18)20/h2-3,5,8,10-11,14,17,20H,4,6-7,9,12-13H2,1H3. The van der Waals surface area contributed by atoms with Crippen molar-refractivity contribution in [3.8, 4) is 0 Å². The Balaban J connectivity index is 1.86. The molecule has 3 aliphatic carbocycles. The van der Waals surface area contributed by atoms with Crippen LogP contribution in [0.25, 0.3) is 0 Å². The van der Waals surface area contributed by atoms with Crippen LogP contribution in [0.5, 0.6) is 0 Å². The summed E-state index contributed by atoms with van der Waals surface area (Å²) in [4.78, 5) is 1.32. The normalized spacial score (nSPS) is 30.3. The summed E-state index contributed by atoms with van der Waals surface area (Å²) in [5.41, 5.74) is 4.66. The van der Waals surface area contributed by atoms with Crippen molar-refractivity contribution < 1.29 is 0 Å². The van der Waals surface area contributed by atoms with Crippen LogP contribution >= 0.6 is 12.6 Å². The molecule has 0 spiro atoms. The van der Waals surface area contributed by atoms with Crippen molar-refractivity contribution >= 4 is 12.6 Å². The molecule has 1 heteroatoms. The fourth-order valence-corrected chi connectivity index (χ4v) is 4.14. The third kappa shape index (κ3) is 2.74. The van der Waals surface area contributed by atoms with Gasteiger partial charge in [-0.05, 0) is 72.0 Å². The molecule has 2 unspecified atom stereocenters. The average Bonchev–Trinajstić information content (AvgIpc) is 2.49. The molecule has 0 amide bonds. The topological polar surface area (TPSA) is 0 Å². The molecule has 0 bridgehead atoms. The molecule has 0 aromatic heterocycles. The summed E-state index contributed by atoms with van der Waals surface area (Å²) in [6.07, 6.45) is 21.1. The van der Waals surface area contributed by atoms with Gasteiger partial charge in [-0.1, -0.05) is 43.4 Å². The molecule has 0 nitrogen and oxygen atoms in total. The second-order valence-corrected chi connectivity index (χ2v) is 6.67. The Morgan fingerprint density at radius 1 is 1.10 bits per heavy atom. The molecule has 0 aromatic rings. The molecular weight excluding hydrogens is 260 g/mol. The molecule has 0 aliphatic heterocycles. The number of thiol groups is 1. The van der Waals surface area contributed by atoms with Crippen molar-refractivity contribution in [1.82, 2.24) is 0 Å². The highest BCUT2D eigenvalue weighted by atomic mass is 32.1. The van der Waals surface area contributed by atoms with E-state index in [0.29, 0.717) is 11.8 Å². The van der Waals surface area contributed by atoms with Crippen LogP contribution in [0.4, 0.5) is 0 Å². The SMILES string of the molecule is CC1C(C2=CC=CCC2)=CCCC1C1=C(S)CCC=C1. The van der Waals surface area contributed by atoms with Crippen LogP contribution in [-0.4, -0.2) is 0 Å². The van der Waals surface area contributed by atoms with Crippen LogP contribution in [0.2, 0.25) is 0 Å². The van der Waals surface area contributed by atoms with Crippen LogP contribution in [0.3, 0.4) is 0 Å². The number of hydrogen-bond acceptors (Lipinski definition) is 1. The minimum Gasteiger partial charge on any atom is -0.148 e. The van der Waals surface area contributed by atoms with E-state index in [2.05, 4.69) is 43.4 Å². The molecule has 0 N–H and O–H groups in total. The summed E-state index contributed by atoms with van der Waals surface area (Å²) in [6, 6.07) is 0.